The maximum Gasteiger partial charge on any atom is 0.225 e. The summed E-state index contributed by atoms with van der Waals surface area (Å²) >= 11 is 0. The number of aromatic nitrogens is 1. The normalized spacial score (nSPS) is 9.82. The molecule has 1 aromatic heterocycles. The van der Waals surface area contributed by atoms with Gasteiger partial charge in [-0.3, -0.25) is 4.79 Å². The molecule has 0 aliphatic carbocycles. The minimum atomic E-state index is -0.324. The molecule has 0 aliphatic heterocycles. The number of pyridine rings is 1. The van der Waals surface area contributed by atoms with Crippen molar-refractivity contribution in [3.8, 4) is 11.8 Å². The van der Waals surface area contributed by atoms with Crippen LogP contribution < -0.4 is 10.1 Å². The van der Waals surface area contributed by atoms with Crippen molar-refractivity contribution in [2.24, 2.45) is 0 Å². The van der Waals surface area contributed by atoms with Crippen LogP contribution in [-0.2, 0) is 4.79 Å². The summed E-state index contributed by atoms with van der Waals surface area (Å²) in [5.41, 5.74) is 0.318. The number of benzene rings is 1. The molecule has 0 bridgehead atoms. The number of hydrogen-bond acceptors (Lipinski definition) is 4. The van der Waals surface area contributed by atoms with Crippen LogP contribution in [0.3, 0.4) is 0 Å². The highest BCUT2D eigenvalue weighted by Crippen LogP contribution is 2.12. The number of halogens is 1. The molecule has 112 valence electrons. The summed E-state index contributed by atoms with van der Waals surface area (Å²) in [6.45, 7) is 0.340. The lowest BCUT2D eigenvalue weighted by molar-refractivity contribution is -0.116. The van der Waals surface area contributed by atoms with Gasteiger partial charge in [-0.25, -0.2) is 9.37 Å². The number of anilines is 1. The molecule has 0 atom stereocenters. The maximum atomic E-state index is 12.7. The summed E-state index contributed by atoms with van der Waals surface area (Å²) in [6, 6.07) is 10.9. The average molecular weight is 299 g/mol. The van der Waals surface area contributed by atoms with Crippen LogP contribution in [0.4, 0.5) is 10.2 Å². The molecule has 0 aliphatic rings. The summed E-state index contributed by atoms with van der Waals surface area (Å²) in [7, 11) is 0. The molecule has 0 saturated heterocycles. The maximum absolute atomic E-state index is 12.7. The van der Waals surface area contributed by atoms with Crippen molar-refractivity contribution < 1.29 is 13.9 Å². The first-order chi connectivity index (χ1) is 10.7. The van der Waals surface area contributed by atoms with Crippen LogP contribution in [0.1, 0.15) is 18.4 Å². The third-order valence-electron chi connectivity index (χ3n) is 2.82. The van der Waals surface area contributed by atoms with E-state index in [4.69, 9.17) is 10.00 Å². The van der Waals surface area contributed by atoms with Crippen molar-refractivity contribution in [2.45, 2.75) is 12.8 Å². The first-order valence-corrected chi connectivity index (χ1v) is 6.72. The Hall–Kier alpha value is -2.94. The lowest BCUT2D eigenvalue weighted by Crippen LogP contribution is -2.14. The number of hydrogen-bond donors (Lipinski definition) is 1. The molecule has 5 nitrogen and oxygen atoms in total. The fourth-order valence-electron chi connectivity index (χ4n) is 1.74. The predicted molar refractivity (Wildman–Crippen MR) is 78.7 cm³/mol. The molecule has 0 spiro atoms. The summed E-state index contributed by atoms with van der Waals surface area (Å²) in [5.74, 6) is 0.251. The molecule has 6 heteroatoms. The van der Waals surface area contributed by atoms with Gasteiger partial charge < -0.3 is 10.1 Å². The minimum Gasteiger partial charge on any atom is -0.494 e. The van der Waals surface area contributed by atoms with E-state index in [1.165, 1.54) is 30.5 Å². The Morgan fingerprint density at radius 3 is 2.82 bits per heavy atom. The van der Waals surface area contributed by atoms with Crippen LogP contribution in [0.15, 0.2) is 42.6 Å². The van der Waals surface area contributed by atoms with Crippen molar-refractivity contribution >= 4 is 11.7 Å². The number of nitrogens with zero attached hydrogens (tertiary/aromatic N) is 2. The summed E-state index contributed by atoms with van der Waals surface area (Å²) in [4.78, 5) is 15.7. The molecule has 2 rings (SSSR count). The first-order valence-electron chi connectivity index (χ1n) is 6.72. The molecular formula is C16H14FN3O2. The highest BCUT2D eigenvalue weighted by atomic mass is 19.1. The summed E-state index contributed by atoms with van der Waals surface area (Å²) < 4.78 is 18.1. The third kappa shape index (κ3) is 4.56. The van der Waals surface area contributed by atoms with E-state index in [1.807, 2.05) is 6.07 Å². The molecule has 0 unspecified atom stereocenters. The van der Waals surface area contributed by atoms with E-state index in [1.54, 1.807) is 12.1 Å². The highest BCUT2D eigenvalue weighted by Gasteiger charge is 2.07. The molecule has 22 heavy (non-hydrogen) atoms. The fraction of sp³-hybridized carbons (Fsp3) is 0.188. The molecule has 1 amide bonds. The zero-order valence-electron chi connectivity index (χ0n) is 11.8. The van der Waals surface area contributed by atoms with Crippen LogP contribution in [0.2, 0.25) is 0 Å². The van der Waals surface area contributed by atoms with E-state index in [2.05, 4.69) is 10.3 Å². The van der Waals surface area contributed by atoms with E-state index >= 15 is 0 Å². The number of rotatable bonds is 6. The molecule has 1 heterocycles. The van der Waals surface area contributed by atoms with Crippen LogP contribution in [-0.4, -0.2) is 17.5 Å². The molecule has 0 saturated carbocycles. The number of nitrogens with one attached hydrogen (secondary N) is 1. The molecule has 0 radical (unpaired) electrons. The zero-order valence-corrected chi connectivity index (χ0v) is 11.8. The fourth-order valence-corrected chi connectivity index (χ4v) is 1.74. The second-order valence-corrected chi connectivity index (χ2v) is 4.47. The van der Waals surface area contributed by atoms with Crippen LogP contribution in [0.25, 0.3) is 0 Å². The largest absolute Gasteiger partial charge is 0.494 e. The van der Waals surface area contributed by atoms with Crippen molar-refractivity contribution in [2.75, 3.05) is 11.9 Å². The zero-order chi connectivity index (χ0) is 15.8. The second-order valence-electron chi connectivity index (χ2n) is 4.47. The Balaban J connectivity index is 1.74. The van der Waals surface area contributed by atoms with Crippen molar-refractivity contribution in [1.82, 2.24) is 4.98 Å². The van der Waals surface area contributed by atoms with E-state index in [9.17, 15) is 9.18 Å². The number of carbonyl (C=O) groups is 1. The van der Waals surface area contributed by atoms with Gasteiger partial charge in [-0.1, -0.05) is 0 Å². The second kappa shape index (κ2) is 7.74. The van der Waals surface area contributed by atoms with Crippen LogP contribution in [0.5, 0.6) is 5.75 Å². The standard InChI is InChI=1S/C16H14FN3O2/c17-13-5-7-14(8-6-13)22-10-2-4-15(21)20-16-12(11-18)3-1-9-19-16/h1,3,5-9H,2,4,10H2,(H,19,20,21). The van der Waals surface area contributed by atoms with Gasteiger partial charge in [-0.05, 0) is 42.8 Å². The van der Waals surface area contributed by atoms with Gasteiger partial charge in [0, 0.05) is 12.6 Å². The Labute approximate surface area is 127 Å². The Bertz CT molecular complexity index is 681. The van der Waals surface area contributed by atoms with Crippen molar-refractivity contribution in [1.29, 1.82) is 5.26 Å². The first kappa shape index (κ1) is 15.4. The lowest BCUT2D eigenvalue weighted by Gasteiger charge is -2.07. The lowest BCUT2D eigenvalue weighted by atomic mass is 10.2. The van der Waals surface area contributed by atoms with Gasteiger partial charge in [0.05, 0.1) is 12.2 Å². The number of amides is 1. The quantitative estimate of drug-likeness (QED) is 0.832. The summed E-state index contributed by atoms with van der Waals surface area (Å²) in [5, 5.41) is 11.5. The van der Waals surface area contributed by atoms with Gasteiger partial charge in [0.2, 0.25) is 5.91 Å². The number of nitriles is 1. The van der Waals surface area contributed by atoms with Gasteiger partial charge in [-0.2, -0.15) is 5.26 Å². The van der Waals surface area contributed by atoms with E-state index in [0.717, 1.165) is 0 Å². The van der Waals surface area contributed by atoms with Gasteiger partial charge in [0.25, 0.3) is 0 Å². The minimum absolute atomic E-state index is 0.238. The van der Waals surface area contributed by atoms with Gasteiger partial charge in [-0.15, -0.1) is 0 Å². The smallest absolute Gasteiger partial charge is 0.225 e. The van der Waals surface area contributed by atoms with Crippen LogP contribution in [0, 0.1) is 17.1 Å². The topological polar surface area (TPSA) is 75.0 Å². The SMILES string of the molecule is N#Cc1cccnc1NC(=O)CCCOc1ccc(F)cc1. The molecule has 0 fully saturated rings. The average Bonchev–Trinajstić information content (AvgIpc) is 2.54. The van der Waals surface area contributed by atoms with Gasteiger partial charge in [0.1, 0.15) is 23.5 Å². The van der Waals surface area contributed by atoms with Crippen LogP contribution >= 0.6 is 0 Å². The van der Waals surface area contributed by atoms with Gasteiger partial charge >= 0.3 is 0 Å². The summed E-state index contributed by atoms with van der Waals surface area (Å²) in [6.07, 6.45) is 2.24. The van der Waals surface area contributed by atoms with Crippen molar-refractivity contribution in [3.05, 3.63) is 54.0 Å². The number of ether oxygens (including phenoxy) is 1. The Morgan fingerprint density at radius 1 is 1.32 bits per heavy atom. The van der Waals surface area contributed by atoms with E-state index in [0.29, 0.717) is 24.3 Å². The monoisotopic (exact) mass is 299 g/mol. The van der Waals surface area contributed by atoms with E-state index in [-0.39, 0.29) is 24.0 Å². The Kier molecular flexibility index (Phi) is 5.44. The van der Waals surface area contributed by atoms with Crippen molar-refractivity contribution in [3.63, 3.8) is 0 Å². The highest BCUT2D eigenvalue weighted by molar-refractivity contribution is 5.90. The Morgan fingerprint density at radius 2 is 2.09 bits per heavy atom. The predicted octanol–water partition coefficient (Wildman–Crippen LogP) is 2.89. The van der Waals surface area contributed by atoms with E-state index < -0.39 is 0 Å². The molecular weight excluding hydrogens is 285 g/mol. The molecule has 1 N–H and O–H groups in total. The number of carbonyl (C=O) groups excluding carboxylic acids is 1. The van der Waals surface area contributed by atoms with Gasteiger partial charge in [0.15, 0.2) is 0 Å². The molecule has 1 aromatic carbocycles. The third-order valence-corrected chi connectivity index (χ3v) is 2.82. The molecule has 2 aromatic rings.